The minimum atomic E-state index is -0.957. The predicted molar refractivity (Wildman–Crippen MR) is 76.6 cm³/mol. The molecule has 1 spiro atoms. The van der Waals surface area contributed by atoms with Crippen LogP contribution in [0.25, 0.3) is 0 Å². The zero-order chi connectivity index (χ0) is 15.8. The van der Waals surface area contributed by atoms with Crippen molar-refractivity contribution in [2.45, 2.75) is 58.0 Å². The lowest BCUT2D eigenvalue weighted by molar-refractivity contribution is -0.153. The number of aliphatic carboxylic acids is 1. The smallest absolute Gasteiger partial charge is 0.326 e. The Hall–Kier alpha value is -1.59. The van der Waals surface area contributed by atoms with Crippen LogP contribution in [0.3, 0.4) is 0 Å². The van der Waals surface area contributed by atoms with Crippen LogP contribution in [0.2, 0.25) is 0 Å². The van der Waals surface area contributed by atoms with E-state index in [9.17, 15) is 19.5 Å². The number of carboxylic acids is 1. The average molecular weight is 296 g/mol. The summed E-state index contributed by atoms with van der Waals surface area (Å²) in [4.78, 5) is 39.3. The molecule has 0 aliphatic carbocycles. The molecule has 0 aromatic rings. The zero-order valence-electron chi connectivity index (χ0n) is 13.0. The molecule has 0 saturated carbocycles. The molecule has 118 valence electrons. The molecule has 2 atom stereocenters. The molecule has 2 aliphatic heterocycles. The van der Waals surface area contributed by atoms with E-state index in [0.29, 0.717) is 32.4 Å². The SMILES string of the molecule is CC(=O)N1CCC[C@]12CCN([C@H](CC(C)C)C(=O)O)C2=O. The summed E-state index contributed by atoms with van der Waals surface area (Å²) in [5.41, 5.74) is -0.781. The van der Waals surface area contributed by atoms with Gasteiger partial charge in [-0.25, -0.2) is 4.79 Å². The fourth-order valence-electron chi connectivity index (χ4n) is 3.71. The van der Waals surface area contributed by atoms with Gasteiger partial charge in [0.25, 0.3) is 0 Å². The van der Waals surface area contributed by atoms with Crippen molar-refractivity contribution < 1.29 is 19.5 Å². The van der Waals surface area contributed by atoms with Gasteiger partial charge in [0.1, 0.15) is 11.6 Å². The zero-order valence-corrected chi connectivity index (χ0v) is 13.0. The molecule has 2 fully saturated rings. The molecule has 0 aromatic heterocycles. The Labute approximate surface area is 125 Å². The van der Waals surface area contributed by atoms with Crippen LogP contribution in [0.1, 0.15) is 46.5 Å². The summed E-state index contributed by atoms with van der Waals surface area (Å²) in [7, 11) is 0. The van der Waals surface area contributed by atoms with E-state index in [1.54, 1.807) is 4.90 Å². The van der Waals surface area contributed by atoms with E-state index in [2.05, 4.69) is 0 Å². The van der Waals surface area contributed by atoms with Gasteiger partial charge in [-0.15, -0.1) is 0 Å². The molecule has 2 aliphatic rings. The van der Waals surface area contributed by atoms with E-state index in [1.165, 1.54) is 11.8 Å². The highest BCUT2D eigenvalue weighted by Crippen LogP contribution is 2.40. The van der Waals surface area contributed by atoms with E-state index in [4.69, 9.17) is 0 Å². The molecule has 2 rings (SSSR count). The molecule has 2 heterocycles. The summed E-state index contributed by atoms with van der Waals surface area (Å²) in [6.07, 6.45) is 2.45. The second-order valence-electron chi connectivity index (χ2n) is 6.54. The molecule has 2 saturated heterocycles. The van der Waals surface area contributed by atoms with Crippen LogP contribution in [0.5, 0.6) is 0 Å². The Morgan fingerprint density at radius 3 is 2.48 bits per heavy atom. The van der Waals surface area contributed by atoms with Crippen LogP contribution < -0.4 is 0 Å². The van der Waals surface area contributed by atoms with E-state index >= 15 is 0 Å². The molecule has 0 aromatic carbocycles. The number of carbonyl (C=O) groups is 3. The number of carbonyl (C=O) groups excluding carboxylic acids is 2. The van der Waals surface area contributed by atoms with Crippen molar-refractivity contribution in [1.82, 2.24) is 9.80 Å². The van der Waals surface area contributed by atoms with E-state index in [1.807, 2.05) is 13.8 Å². The topological polar surface area (TPSA) is 77.9 Å². The van der Waals surface area contributed by atoms with Crippen LogP contribution in [0, 0.1) is 5.92 Å². The van der Waals surface area contributed by atoms with Crippen molar-refractivity contribution in [3.05, 3.63) is 0 Å². The first-order valence-corrected chi connectivity index (χ1v) is 7.61. The summed E-state index contributed by atoms with van der Waals surface area (Å²) in [6.45, 7) is 6.39. The van der Waals surface area contributed by atoms with Gasteiger partial charge in [0.2, 0.25) is 11.8 Å². The van der Waals surface area contributed by atoms with Gasteiger partial charge in [-0.3, -0.25) is 9.59 Å². The first-order chi connectivity index (χ1) is 9.79. The Kier molecular flexibility index (Phi) is 4.25. The highest BCUT2D eigenvalue weighted by molar-refractivity contribution is 5.95. The van der Waals surface area contributed by atoms with Crippen molar-refractivity contribution in [2.75, 3.05) is 13.1 Å². The van der Waals surface area contributed by atoms with Crippen LogP contribution in [0.4, 0.5) is 0 Å². The molecule has 6 heteroatoms. The van der Waals surface area contributed by atoms with Crippen molar-refractivity contribution in [2.24, 2.45) is 5.92 Å². The number of hydrogen-bond donors (Lipinski definition) is 1. The van der Waals surface area contributed by atoms with Crippen molar-refractivity contribution in [1.29, 1.82) is 0 Å². The number of rotatable bonds is 4. The summed E-state index contributed by atoms with van der Waals surface area (Å²) < 4.78 is 0. The third-order valence-corrected chi connectivity index (χ3v) is 4.65. The maximum Gasteiger partial charge on any atom is 0.326 e. The highest BCUT2D eigenvalue weighted by Gasteiger charge is 2.56. The van der Waals surface area contributed by atoms with E-state index in [-0.39, 0.29) is 17.7 Å². The Bertz CT molecular complexity index is 463. The number of hydrogen-bond acceptors (Lipinski definition) is 3. The molecule has 21 heavy (non-hydrogen) atoms. The fourth-order valence-corrected chi connectivity index (χ4v) is 3.71. The largest absolute Gasteiger partial charge is 0.480 e. The molecule has 0 radical (unpaired) electrons. The Morgan fingerprint density at radius 1 is 1.29 bits per heavy atom. The van der Waals surface area contributed by atoms with Crippen LogP contribution in [0.15, 0.2) is 0 Å². The van der Waals surface area contributed by atoms with Gasteiger partial charge in [0.05, 0.1) is 0 Å². The van der Waals surface area contributed by atoms with Crippen LogP contribution in [-0.4, -0.2) is 57.4 Å². The summed E-state index contributed by atoms with van der Waals surface area (Å²) in [5.74, 6) is -1.04. The third kappa shape index (κ3) is 2.63. The maximum absolute atomic E-state index is 12.8. The molecule has 0 unspecified atom stereocenters. The lowest BCUT2D eigenvalue weighted by Crippen LogP contribution is -2.54. The van der Waals surface area contributed by atoms with Gasteiger partial charge in [0.15, 0.2) is 0 Å². The summed E-state index contributed by atoms with van der Waals surface area (Å²) in [6, 6.07) is -0.786. The number of carboxylic acid groups (broad SMARTS) is 1. The standard InChI is InChI=1S/C15H24N2O4/c1-10(2)9-12(13(19)20)16-8-6-15(14(16)21)5-4-7-17(15)11(3)18/h10,12H,4-9H2,1-3H3,(H,19,20)/t12-,15-/m1/s1. The molecular formula is C15H24N2O4. The molecule has 0 bridgehead atoms. The minimum Gasteiger partial charge on any atom is -0.480 e. The lowest BCUT2D eigenvalue weighted by Gasteiger charge is -2.34. The summed E-state index contributed by atoms with van der Waals surface area (Å²) in [5, 5.41) is 9.43. The van der Waals surface area contributed by atoms with Gasteiger partial charge < -0.3 is 14.9 Å². The fraction of sp³-hybridized carbons (Fsp3) is 0.800. The minimum absolute atomic E-state index is 0.0987. The molecule has 6 nitrogen and oxygen atoms in total. The van der Waals surface area contributed by atoms with Gasteiger partial charge >= 0.3 is 5.97 Å². The second-order valence-corrected chi connectivity index (χ2v) is 6.54. The van der Waals surface area contributed by atoms with Gasteiger partial charge in [-0.2, -0.15) is 0 Å². The molecule has 2 amide bonds. The number of likely N-dealkylation sites (tertiary alicyclic amines) is 2. The molecular weight excluding hydrogens is 272 g/mol. The Balaban J connectivity index is 2.24. The van der Waals surface area contributed by atoms with Gasteiger partial charge in [-0.1, -0.05) is 13.8 Å². The normalized spacial score (nSPS) is 27.0. The van der Waals surface area contributed by atoms with Crippen molar-refractivity contribution in [3.8, 4) is 0 Å². The van der Waals surface area contributed by atoms with Crippen molar-refractivity contribution in [3.63, 3.8) is 0 Å². The Morgan fingerprint density at radius 2 is 1.95 bits per heavy atom. The third-order valence-electron chi connectivity index (χ3n) is 4.65. The van der Waals surface area contributed by atoms with Crippen LogP contribution in [-0.2, 0) is 14.4 Å². The average Bonchev–Trinajstić information content (AvgIpc) is 2.94. The number of amides is 2. The second kappa shape index (κ2) is 5.66. The first kappa shape index (κ1) is 15.8. The van der Waals surface area contributed by atoms with Gasteiger partial charge in [-0.05, 0) is 31.6 Å². The van der Waals surface area contributed by atoms with E-state index in [0.717, 1.165) is 6.42 Å². The van der Waals surface area contributed by atoms with Crippen molar-refractivity contribution >= 4 is 17.8 Å². The van der Waals surface area contributed by atoms with Crippen LogP contribution >= 0.6 is 0 Å². The number of nitrogens with zero attached hydrogens (tertiary/aromatic N) is 2. The van der Waals surface area contributed by atoms with Gasteiger partial charge in [0, 0.05) is 20.0 Å². The summed E-state index contributed by atoms with van der Waals surface area (Å²) >= 11 is 0. The maximum atomic E-state index is 12.8. The monoisotopic (exact) mass is 296 g/mol. The molecule has 1 N–H and O–H groups in total. The quantitative estimate of drug-likeness (QED) is 0.842. The lowest BCUT2D eigenvalue weighted by atomic mass is 9.94. The first-order valence-electron chi connectivity index (χ1n) is 7.61. The predicted octanol–water partition coefficient (Wildman–Crippen LogP) is 1.10. The highest BCUT2D eigenvalue weighted by atomic mass is 16.4. The van der Waals surface area contributed by atoms with E-state index < -0.39 is 17.6 Å².